The third-order valence-corrected chi connectivity index (χ3v) is 13.2. The van der Waals surface area contributed by atoms with Crippen LogP contribution < -0.4 is 0 Å². The average Bonchev–Trinajstić information content (AvgIpc) is 3.91. The molecule has 8 aromatic carbocycles. The van der Waals surface area contributed by atoms with Gasteiger partial charge in [-0.15, -0.1) is 54.1 Å². The Morgan fingerprint density at radius 1 is 0.565 bits per heavy atom. The molecule has 11 rings (SSSR count). The van der Waals surface area contributed by atoms with Crippen molar-refractivity contribution in [1.82, 2.24) is 19.5 Å². The quantitative estimate of drug-likeness (QED) is 0.123. The summed E-state index contributed by atoms with van der Waals surface area (Å²) < 4.78 is 9.31. The van der Waals surface area contributed by atoms with Crippen LogP contribution in [-0.4, -0.2) is 19.5 Å². The molecule has 0 fully saturated rings. The van der Waals surface area contributed by atoms with E-state index in [1.165, 1.54) is 55.0 Å². The van der Waals surface area contributed by atoms with Gasteiger partial charge in [-0.25, -0.2) is 0 Å². The van der Waals surface area contributed by atoms with E-state index in [0.29, 0.717) is 0 Å². The standard InChI is InChI=1S/C49H43N2O.C14H15N2.Ir/c1-29(2)38-25-34(31-14-9-8-10-15-31)26-39(30(3)4)46(38)51-44-19-12-11-18-43(44)50-48(51)37-17-13-16-36-42-24-33-21-20-32-22-23-35(49(5,6)7)27-40(32)41(33)28-45(42)52-47(36)37;1-14(2,3)12-9-10-15-13(16-12)11-7-5-4-6-8-11;/h8-16,18-30H,1-7H3;4-7,9-10H,1-3H3;/q2*-1;. The van der Waals surface area contributed by atoms with Gasteiger partial charge in [0.25, 0.3) is 0 Å². The largest absolute Gasteiger partial charge is 0.501 e. The molecule has 0 bridgehead atoms. The molecule has 1 radical (unpaired) electrons. The Morgan fingerprint density at radius 3 is 1.94 bits per heavy atom. The van der Waals surface area contributed by atoms with Gasteiger partial charge < -0.3 is 8.98 Å². The predicted octanol–water partition coefficient (Wildman–Crippen LogP) is 17.1. The normalized spacial score (nSPS) is 12.1. The molecular weight excluding hydrogens is 1020 g/mol. The van der Waals surface area contributed by atoms with Gasteiger partial charge in [-0.2, -0.15) is 0 Å². The molecule has 0 amide bonds. The Kier molecular flexibility index (Phi) is 12.8. The van der Waals surface area contributed by atoms with Crippen molar-refractivity contribution in [1.29, 1.82) is 0 Å². The molecule has 0 unspecified atom stereocenters. The van der Waals surface area contributed by atoms with E-state index in [4.69, 9.17) is 9.40 Å². The van der Waals surface area contributed by atoms with E-state index in [1.807, 2.05) is 42.6 Å². The summed E-state index contributed by atoms with van der Waals surface area (Å²) in [6.45, 7) is 22.4. The molecule has 0 aliphatic heterocycles. The molecule has 0 aliphatic carbocycles. The minimum Gasteiger partial charge on any atom is -0.501 e. The average molecular weight is 1080 g/mol. The SMILES string of the molecule is CC(C)(C)c1ccnc(-c2[c-]cccc2)n1.CC(C)c1cc(-c2ccccc2)cc(C(C)C)c1-n1c(-c2[c-]ccc3c2oc2cc4c(ccc5ccc(C(C)(C)C)cc54)cc23)nc2ccccc21.[Ir]. The Balaban J connectivity index is 0.000000296. The van der Waals surface area contributed by atoms with Gasteiger partial charge in [0.1, 0.15) is 5.58 Å². The fraction of sp³-hybridized carbons (Fsp3) is 0.222. The Labute approximate surface area is 420 Å². The smallest absolute Gasteiger partial charge is 0.121 e. The molecule has 0 aliphatic rings. The summed E-state index contributed by atoms with van der Waals surface area (Å²) in [6, 6.07) is 60.5. The van der Waals surface area contributed by atoms with Crippen molar-refractivity contribution in [3.63, 3.8) is 0 Å². The van der Waals surface area contributed by atoms with E-state index in [9.17, 15) is 0 Å². The summed E-state index contributed by atoms with van der Waals surface area (Å²) in [7, 11) is 0. The predicted molar refractivity (Wildman–Crippen MR) is 285 cm³/mol. The molecule has 6 heteroatoms. The van der Waals surface area contributed by atoms with E-state index in [2.05, 4.69) is 211 Å². The number of para-hydroxylation sites is 2. The van der Waals surface area contributed by atoms with Crippen LogP contribution in [0.25, 0.3) is 94.1 Å². The van der Waals surface area contributed by atoms with Gasteiger partial charge in [-0.3, -0.25) is 15.0 Å². The zero-order valence-corrected chi connectivity index (χ0v) is 43.6. The molecule has 347 valence electrons. The number of aromatic nitrogens is 4. The fourth-order valence-corrected chi connectivity index (χ4v) is 9.40. The van der Waals surface area contributed by atoms with Gasteiger partial charge in [-0.1, -0.05) is 147 Å². The summed E-state index contributed by atoms with van der Waals surface area (Å²) in [4.78, 5) is 14.2. The van der Waals surface area contributed by atoms with Crippen molar-refractivity contribution in [3.05, 3.63) is 192 Å². The van der Waals surface area contributed by atoms with E-state index in [0.717, 1.165) is 61.4 Å². The first-order chi connectivity index (χ1) is 32.6. The van der Waals surface area contributed by atoms with E-state index < -0.39 is 0 Å². The molecule has 11 aromatic rings. The van der Waals surface area contributed by atoms with Crippen molar-refractivity contribution >= 4 is 54.5 Å². The van der Waals surface area contributed by atoms with Crippen molar-refractivity contribution in [2.75, 3.05) is 0 Å². The van der Waals surface area contributed by atoms with E-state index >= 15 is 0 Å². The zero-order valence-electron chi connectivity index (χ0n) is 41.2. The first kappa shape index (κ1) is 47.3. The van der Waals surface area contributed by atoms with Gasteiger partial charge in [-0.05, 0) is 115 Å². The third-order valence-electron chi connectivity index (χ3n) is 13.2. The number of fused-ring (bicyclic) bond motifs is 7. The topological polar surface area (TPSA) is 56.7 Å². The maximum atomic E-state index is 6.93. The van der Waals surface area contributed by atoms with Crippen LogP contribution in [0.5, 0.6) is 0 Å². The van der Waals surface area contributed by atoms with Crippen molar-refractivity contribution < 1.29 is 24.5 Å². The van der Waals surface area contributed by atoms with Gasteiger partial charge >= 0.3 is 0 Å². The van der Waals surface area contributed by atoms with Crippen LogP contribution in [0.1, 0.15) is 103 Å². The minimum atomic E-state index is 0. The number of hydrogen-bond acceptors (Lipinski definition) is 4. The maximum Gasteiger partial charge on any atom is 0.121 e. The van der Waals surface area contributed by atoms with Crippen molar-refractivity contribution in [3.8, 4) is 39.6 Å². The summed E-state index contributed by atoms with van der Waals surface area (Å²) in [5.74, 6) is 2.13. The van der Waals surface area contributed by atoms with Gasteiger partial charge in [0.15, 0.2) is 0 Å². The monoisotopic (exact) mass is 1080 g/mol. The number of furan rings is 1. The molecule has 5 nitrogen and oxygen atoms in total. The molecule has 0 saturated heterocycles. The number of rotatable bonds is 6. The van der Waals surface area contributed by atoms with Crippen LogP contribution in [0, 0.1) is 12.1 Å². The van der Waals surface area contributed by atoms with Crippen molar-refractivity contribution in [2.24, 2.45) is 0 Å². The molecule has 0 atom stereocenters. The van der Waals surface area contributed by atoms with Crippen LogP contribution >= 0.6 is 0 Å². The molecule has 3 heterocycles. The fourth-order valence-electron chi connectivity index (χ4n) is 9.40. The molecular formula is C63H58IrN4O-2. The molecule has 0 N–H and O–H groups in total. The molecule has 0 spiro atoms. The first-order valence-electron chi connectivity index (χ1n) is 23.9. The van der Waals surface area contributed by atoms with Crippen LogP contribution in [0.4, 0.5) is 0 Å². The zero-order chi connectivity index (χ0) is 47.5. The van der Waals surface area contributed by atoms with E-state index in [1.54, 1.807) is 0 Å². The second-order valence-corrected chi connectivity index (χ2v) is 20.7. The molecule has 0 saturated carbocycles. The van der Waals surface area contributed by atoms with Gasteiger partial charge in [0.05, 0.1) is 28.3 Å². The Morgan fingerprint density at radius 2 is 1.25 bits per heavy atom. The van der Waals surface area contributed by atoms with Crippen LogP contribution in [-0.2, 0) is 30.9 Å². The van der Waals surface area contributed by atoms with Crippen molar-refractivity contribution in [2.45, 2.75) is 91.9 Å². The molecule has 3 aromatic heterocycles. The van der Waals surface area contributed by atoms with Crippen LogP contribution in [0.15, 0.2) is 162 Å². The number of imidazole rings is 1. The van der Waals surface area contributed by atoms with Gasteiger partial charge in [0, 0.05) is 48.5 Å². The van der Waals surface area contributed by atoms with Crippen LogP contribution in [0.3, 0.4) is 0 Å². The summed E-state index contributed by atoms with van der Waals surface area (Å²) in [5, 5.41) is 7.07. The summed E-state index contributed by atoms with van der Waals surface area (Å²) >= 11 is 0. The summed E-state index contributed by atoms with van der Waals surface area (Å²) in [5.41, 5.74) is 14.2. The molecule has 69 heavy (non-hydrogen) atoms. The number of hydrogen-bond donors (Lipinski definition) is 0. The minimum absolute atomic E-state index is 0. The third kappa shape index (κ3) is 9.05. The Hall–Kier alpha value is -6.72. The van der Waals surface area contributed by atoms with Gasteiger partial charge in [0.2, 0.25) is 0 Å². The summed E-state index contributed by atoms with van der Waals surface area (Å²) in [6.07, 6.45) is 1.81. The number of benzene rings is 8. The maximum absolute atomic E-state index is 6.93. The van der Waals surface area contributed by atoms with Crippen LogP contribution in [0.2, 0.25) is 0 Å². The first-order valence-corrected chi connectivity index (χ1v) is 23.9. The second-order valence-electron chi connectivity index (χ2n) is 20.7. The second kappa shape index (κ2) is 18.6. The van der Waals surface area contributed by atoms with E-state index in [-0.39, 0.29) is 42.8 Å². The Bertz CT molecular complexity index is 3620. The number of nitrogens with zero attached hydrogens (tertiary/aromatic N) is 4.